The summed E-state index contributed by atoms with van der Waals surface area (Å²) in [6, 6.07) is 10.1. The highest BCUT2D eigenvalue weighted by atomic mass is 32.2. The lowest BCUT2D eigenvalue weighted by Gasteiger charge is -2.06. The van der Waals surface area contributed by atoms with Gasteiger partial charge in [0.1, 0.15) is 4.58 Å². The third-order valence-corrected chi connectivity index (χ3v) is 5.55. The third-order valence-electron chi connectivity index (χ3n) is 1.86. The van der Waals surface area contributed by atoms with Crippen molar-refractivity contribution in [3.63, 3.8) is 0 Å². The van der Waals surface area contributed by atoms with Crippen LogP contribution >= 0.6 is 11.8 Å². The van der Waals surface area contributed by atoms with Gasteiger partial charge in [-0.1, -0.05) is 30.3 Å². The molecule has 2 rings (SSSR count). The molecular formula is C9H10OS2. The summed E-state index contributed by atoms with van der Waals surface area (Å²) in [7, 11) is -0.649. The molecule has 0 saturated carbocycles. The van der Waals surface area contributed by atoms with Gasteiger partial charge in [-0.3, -0.25) is 4.21 Å². The van der Waals surface area contributed by atoms with Crippen molar-refractivity contribution in [2.75, 3.05) is 11.5 Å². The van der Waals surface area contributed by atoms with E-state index in [0.717, 1.165) is 11.5 Å². The van der Waals surface area contributed by atoms with E-state index >= 15 is 0 Å². The fraction of sp³-hybridized carbons (Fsp3) is 0.333. The number of hydrogen-bond acceptors (Lipinski definition) is 2. The molecule has 0 spiro atoms. The Balaban J connectivity index is 2.25. The van der Waals surface area contributed by atoms with Gasteiger partial charge in [0.2, 0.25) is 0 Å². The molecule has 1 aromatic rings. The van der Waals surface area contributed by atoms with Gasteiger partial charge >= 0.3 is 0 Å². The van der Waals surface area contributed by atoms with Crippen LogP contribution in [0.2, 0.25) is 0 Å². The average Bonchev–Trinajstić information content (AvgIpc) is 2.53. The second-order valence-electron chi connectivity index (χ2n) is 2.70. The molecule has 1 nitrogen and oxygen atoms in total. The van der Waals surface area contributed by atoms with Crippen LogP contribution in [0.4, 0.5) is 0 Å². The Morgan fingerprint density at radius 3 is 2.67 bits per heavy atom. The normalized spacial score (nSPS) is 29.0. The highest BCUT2D eigenvalue weighted by molar-refractivity contribution is 8.13. The van der Waals surface area contributed by atoms with Crippen LogP contribution < -0.4 is 0 Å². The van der Waals surface area contributed by atoms with Gasteiger partial charge < -0.3 is 0 Å². The van der Waals surface area contributed by atoms with Gasteiger partial charge in [-0.25, -0.2) is 0 Å². The lowest BCUT2D eigenvalue weighted by Crippen LogP contribution is -1.97. The fourth-order valence-corrected chi connectivity index (χ4v) is 4.74. The van der Waals surface area contributed by atoms with E-state index in [4.69, 9.17) is 0 Å². The Kier molecular flexibility index (Phi) is 2.51. The van der Waals surface area contributed by atoms with Crippen molar-refractivity contribution in [2.45, 2.75) is 4.58 Å². The van der Waals surface area contributed by atoms with Crippen LogP contribution in [0.1, 0.15) is 10.1 Å². The maximum Gasteiger partial charge on any atom is 0.105 e. The third kappa shape index (κ3) is 1.57. The van der Waals surface area contributed by atoms with Gasteiger partial charge in [0.05, 0.1) is 0 Å². The zero-order valence-corrected chi connectivity index (χ0v) is 8.24. The van der Waals surface area contributed by atoms with Gasteiger partial charge in [-0.2, -0.15) is 0 Å². The first-order chi connectivity index (χ1) is 5.88. The van der Waals surface area contributed by atoms with Crippen molar-refractivity contribution in [3.05, 3.63) is 35.9 Å². The Labute approximate surface area is 79.0 Å². The van der Waals surface area contributed by atoms with Crippen molar-refractivity contribution < 1.29 is 4.21 Å². The Hall–Kier alpha value is -0.280. The standard InChI is InChI=1S/C9H10OS2/c10-12-7-6-11-9(12)8-4-2-1-3-5-8/h1-5,9H,6-7H2. The smallest absolute Gasteiger partial charge is 0.105 e. The molecule has 0 radical (unpaired) electrons. The Morgan fingerprint density at radius 1 is 1.33 bits per heavy atom. The molecule has 0 N–H and O–H groups in total. The van der Waals surface area contributed by atoms with Crippen LogP contribution in [0, 0.1) is 0 Å². The molecule has 1 aromatic carbocycles. The fourth-order valence-electron chi connectivity index (χ4n) is 1.28. The van der Waals surface area contributed by atoms with Crippen LogP contribution in [0.5, 0.6) is 0 Å². The lowest BCUT2D eigenvalue weighted by molar-refractivity contribution is 0.684. The highest BCUT2D eigenvalue weighted by Crippen LogP contribution is 2.37. The lowest BCUT2D eigenvalue weighted by atomic mass is 10.2. The van der Waals surface area contributed by atoms with E-state index in [-0.39, 0.29) is 4.58 Å². The van der Waals surface area contributed by atoms with Crippen LogP contribution in [-0.4, -0.2) is 15.7 Å². The van der Waals surface area contributed by atoms with Gasteiger partial charge in [0, 0.05) is 22.3 Å². The molecule has 0 aliphatic carbocycles. The van der Waals surface area contributed by atoms with Crippen LogP contribution in [-0.2, 0) is 10.8 Å². The minimum atomic E-state index is -0.649. The predicted octanol–water partition coefficient (Wildman–Crippen LogP) is 2.18. The number of thioether (sulfide) groups is 1. The van der Waals surface area contributed by atoms with Crippen LogP contribution in [0.3, 0.4) is 0 Å². The van der Waals surface area contributed by atoms with E-state index in [9.17, 15) is 4.21 Å². The minimum absolute atomic E-state index is 0.228. The molecule has 2 atom stereocenters. The number of rotatable bonds is 1. The highest BCUT2D eigenvalue weighted by Gasteiger charge is 2.24. The molecule has 12 heavy (non-hydrogen) atoms. The number of hydrogen-bond donors (Lipinski definition) is 0. The van der Waals surface area contributed by atoms with Crippen LogP contribution in [0.15, 0.2) is 30.3 Å². The minimum Gasteiger partial charge on any atom is -0.258 e. The molecule has 2 unspecified atom stereocenters. The second kappa shape index (κ2) is 3.62. The molecule has 1 fully saturated rings. The maximum absolute atomic E-state index is 11.5. The first-order valence-corrected chi connectivity index (χ1v) is 6.35. The van der Waals surface area contributed by atoms with E-state index in [0.29, 0.717) is 0 Å². The van der Waals surface area contributed by atoms with Crippen molar-refractivity contribution in [1.29, 1.82) is 0 Å². The zero-order valence-electron chi connectivity index (χ0n) is 6.60. The van der Waals surface area contributed by atoms with Gasteiger partial charge in [-0.05, 0) is 5.56 Å². The monoisotopic (exact) mass is 198 g/mol. The van der Waals surface area contributed by atoms with Crippen molar-refractivity contribution in [1.82, 2.24) is 0 Å². The molecule has 1 saturated heterocycles. The summed E-state index contributed by atoms with van der Waals surface area (Å²) in [6.07, 6.45) is 0. The van der Waals surface area contributed by atoms with E-state index in [1.165, 1.54) is 5.56 Å². The largest absolute Gasteiger partial charge is 0.258 e. The number of benzene rings is 1. The average molecular weight is 198 g/mol. The van der Waals surface area contributed by atoms with Crippen molar-refractivity contribution >= 4 is 22.6 Å². The molecular weight excluding hydrogens is 188 g/mol. The molecule has 1 aliphatic heterocycles. The van der Waals surface area contributed by atoms with Gasteiger partial charge in [-0.15, -0.1) is 11.8 Å². The first kappa shape index (κ1) is 8.32. The quantitative estimate of drug-likeness (QED) is 0.688. The maximum atomic E-state index is 11.5. The summed E-state index contributed by atoms with van der Waals surface area (Å²) in [6.45, 7) is 0. The van der Waals surface area contributed by atoms with Crippen LogP contribution in [0.25, 0.3) is 0 Å². The molecule has 3 heteroatoms. The zero-order chi connectivity index (χ0) is 8.39. The summed E-state index contributed by atoms with van der Waals surface area (Å²) in [4.78, 5) is 0. The molecule has 0 amide bonds. The van der Waals surface area contributed by atoms with Crippen molar-refractivity contribution in [2.24, 2.45) is 0 Å². The molecule has 64 valence electrons. The SMILES string of the molecule is O=S1CCSC1c1ccccc1. The molecule has 1 heterocycles. The van der Waals surface area contributed by atoms with Gasteiger partial charge in [0.15, 0.2) is 0 Å². The summed E-state index contributed by atoms with van der Waals surface area (Å²) in [5, 5.41) is 0. The Bertz CT molecular complexity index is 284. The summed E-state index contributed by atoms with van der Waals surface area (Å²) >= 11 is 1.80. The van der Waals surface area contributed by atoms with E-state index in [1.54, 1.807) is 11.8 Å². The Morgan fingerprint density at radius 2 is 2.08 bits per heavy atom. The summed E-state index contributed by atoms with van der Waals surface area (Å²) in [5.41, 5.74) is 1.21. The molecule has 0 bridgehead atoms. The van der Waals surface area contributed by atoms with E-state index in [2.05, 4.69) is 12.1 Å². The molecule has 1 aliphatic rings. The topological polar surface area (TPSA) is 17.1 Å². The van der Waals surface area contributed by atoms with E-state index in [1.807, 2.05) is 18.2 Å². The first-order valence-electron chi connectivity index (χ1n) is 3.91. The summed E-state index contributed by atoms with van der Waals surface area (Å²) < 4.78 is 11.7. The van der Waals surface area contributed by atoms with Gasteiger partial charge in [0.25, 0.3) is 0 Å². The van der Waals surface area contributed by atoms with E-state index < -0.39 is 10.8 Å². The predicted molar refractivity (Wildman–Crippen MR) is 54.7 cm³/mol. The summed E-state index contributed by atoms with van der Waals surface area (Å²) in [5.74, 6) is 1.89. The second-order valence-corrected chi connectivity index (χ2v) is 5.85. The molecule has 0 aromatic heterocycles. The van der Waals surface area contributed by atoms with Crippen molar-refractivity contribution in [3.8, 4) is 0 Å².